The molecule has 2 amide bonds. The van der Waals surface area contributed by atoms with Crippen LogP contribution in [-0.2, 0) is 4.79 Å². The number of halogens is 2. The standard InChI is InChI=1S/C16H22FN3O2.ClH/c1-18-16(22)19-8-11-20(12-9-19,10-2-3-13-21)15-6-4-14(17)5-7-15;/h4-7,13H,2-3,8-12H2,1H3;1H/p+1. The molecule has 0 radical (unpaired) electrons. The molecule has 0 aliphatic carbocycles. The van der Waals surface area contributed by atoms with Gasteiger partial charge in [-0.05, 0) is 12.1 Å². The van der Waals surface area contributed by atoms with Gasteiger partial charge in [-0.3, -0.25) is 4.48 Å². The molecule has 1 N–H and O–H groups in total. The summed E-state index contributed by atoms with van der Waals surface area (Å²) in [5, 5.41) is 2.65. The van der Waals surface area contributed by atoms with Gasteiger partial charge in [0, 0.05) is 32.0 Å². The smallest absolute Gasteiger partial charge is 0.317 e. The van der Waals surface area contributed by atoms with Gasteiger partial charge >= 0.3 is 6.03 Å². The third-order valence-corrected chi connectivity index (χ3v) is 4.38. The molecule has 5 nitrogen and oxygen atoms in total. The molecule has 1 aliphatic heterocycles. The highest BCUT2D eigenvalue weighted by Gasteiger charge is 2.36. The van der Waals surface area contributed by atoms with Crippen LogP contribution in [-0.4, -0.2) is 57.0 Å². The van der Waals surface area contributed by atoms with Crippen LogP contribution in [0.3, 0.4) is 0 Å². The van der Waals surface area contributed by atoms with E-state index < -0.39 is 0 Å². The number of quaternary nitrogens is 1. The van der Waals surface area contributed by atoms with Gasteiger partial charge in [0.2, 0.25) is 0 Å². The van der Waals surface area contributed by atoms with E-state index in [1.54, 1.807) is 11.9 Å². The fraction of sp³-hybridized carbons (Fsp3) is 0.500. The first-order valence-electron chi connectivity index (χ1n) is 7.64. The van der Waals surface area contributed by atoms with Gasteiger partial charge < -0.3 is 15.0 Å². The lowest BCUT2D eigenvalue weighted by Crippen LogP contribution is -2.62. The van der Waals surface area contributed by atoms with E-state index in [1.807, 2.05) is 12.1 Å². The van der Waals surface area contributed by atoms with Crippen molar-refractivity contribution in [3.05, 3.63) is 30.1 Å². The molecule has 0 bridgehead atoms. The van der Waals surface area contributed by atoms with E-state index in [2.05, 4.69) is 5.32 Å². The van der Waals surface area contributed by atoms with Gasteiger partial charge in [-0.15, -0.1) is 12.4 Å². The average Bonchev–Trinajstić information content (AvgIpc) is 2.55. The molecule has 1 saturated heterocycles. The Morgan fingerprint density at radius 2 is 1.91 bits per heavy atom. The first-order chi connectivity index (χ1) is 10.6. The zero-order valence-corrected chi connectivity index (χ0v) is 14.2. The van der Waals surface area contributed by atoms with Crippen molar-refractivity contribution in [3.63, 3.8) is 0 Å². The lowest BCUT2D eigenvalue weighted by molar-refractivity contribution is -0.108. The molecule has 1 fully saturated rings. The van der Waals surface area contributed by atoms with Crippen molar-refractivity contribution in [2.75, 3.05) is 39.8 Å². The van der Waals surface area contributed by atoms with E-state index >= 15 is 0 Å². The number of nitrogens with one attached hydrogen (secondary N) is 1. The Morgan fingerprint density at radius 3 is 2.43 bits per heavy atom. The number of amides is 2. The molecule has 23 heavy (non-hydrogen) atoms. The largest absolute Gasteiger partial charge is 0.341 e. The maximum Gasteiger partial charge on any atom is 0.317 e. The minimum Gasteiger partial charge on any atom is -0.341 e. The highest BCUT2D eigenvalue weighted by molar-refractivity contribution is 5.85. The lowest BCUT2D eigenvalue weighted by atomic mass is 10.1. The van der Waals surface area contributed by atoms with Crippen LogP contribution in [0.15, 0.2) is 24.3 Å². The number of piperazine rings is 1. The zero-order chi connectivity index (χ0) is 16.0. The molecule has 0 aromatic heterocycles. The van der Waals surface area contributed by atoms with Crippen LogP contribution in [0.2, 0.25) is 0 Å². The monoisotopic (exact) mass is 344 g/mol. The molecule has 1 heterocycles. The maximum atomic E-state index is 13.2. The number of aldehydes is 1. The first kappa shape index (κ1) is 19.4. The van der Waals surface area contributed by atoms with Crippen molar-refractivity contribution in [2.45, 2.75) is 12.8 Å². The summed E-state index contributed by atoms with van der Waals surface area (Å²) >= 11 is 0. The zero-order valence-electron chi connectivity index (χ0n) is 13.3. The number of unbranched alkanes of at least 4 members (excludes halogenated alkanes) is 1. The van der Waals surface area contributed by atoms with Crippen LogP contribution in [0, 0.1) is 5.82 Å². The Balaban J connectivity index is 0.00000264. The molecular formula is C16H24ClFN3O2+. The van der Waals surface area contributed by atoms with Crippen LogP contribution in [0.25, 0.3) is 0 Å². The molecule has 0 spiro atoms. The van der Waals surface area contributed by atoms with Gasteiger partial charge in [-0.2, -0.15) is 0 Å². The predicted octanol–water partition coefficient (Wildman–Crippen LogP) is 2.19. The van der Waals surface area contributed by atoms with Crippen LogP contribution < -0.4 is 9.80 Å². The number of carbonyl (C=O) groups excluding carboxylic acids is 2. The summed E-state index contributed by atoms with van der Waals surface area (Å²) in [6, 6.07) is 6.50. The summed E-state index contributed by atoms with van der Waals surface area (Å²) in [5.74, 6) is -0.251. The van der Waals surface area contributed by atoms with Crippen molar-refractivity contribution in [2.24, 2.45) is 0 Å². The fourth-order valence-corrected chi connectivity index (χ4v) is 3.05. The third-order valence-electron chi connectivity index (χ3n) is 4.38. The van der Waals surface area contributed by atoms with E-state index in [0.717, 1.165) is 38.0 Å². The van der Waals surface area contributed by atoms with E-state index in [0.29, 0.717) is 24.0 Å². The summed E-state index contributed by atoms with van der Waals surface area (Å²) in [7, 11) is 1.63. The summed E-state index contributed by atoms with van der Waals surface area (Å²) in [6.07, 6.45) is 2.25. The third kappa shape index (κ3) is 4.65. The quantitative estimate of drug-likeness (QED) is 0.505. The summed E-state index contributed by atoms with van der Waals surface area (Å²) in [4.78, 5) is 24.1. The highest BCUT2D eigenvalue weighted by atomic mass is 35.5. The second kappa shape index (κ2) is 8.84. The number of hydrogen-bond acceptors (Lipinski definition) is 2. The topological polar surface area (TPSA) is 49.4 Å². The van der Waals surface area contributed by atoms with Crippen LogP contribution in [0.5, 0.6) is 0 Å². The number of benzene rings is 1. The minimum absolute atomic E-state index is 0. The van der Waals surface area contributed by atoms with Crippen molar-refractivity contribution in [1.29, 1.82) is 0 Å². The highest BCUT2D eigenvalue weighted by Crippen LogP contribution is 2.26. The first-order valence-corrected chi connectivity index (χ1v) is 7.64. The number of rotatable bonds is 5. The van der Waals surface area contributed by atoms with E-state index in [4.69, 9.17) is 0 Å². The summed E-state index contributed by atoms with van der Waals surface area (Å²) < 4.78 is 13.9. The molecule has 0 unspecified atom stereocenters. The van der Waals surface area contributed by atoms with Crippen LogP contribution in [0.4, 0.5) is 14.9 Å². The van der Waals surface area contributed by atoms with Gasteiger partial charge in [0.25, 0.3) is 0 Å². The molecule has 1 aromatic carbocycles. The average molecular weight is 345 g/mol. The van der Waals surface area contributed by atoms with Gasteiger partial charge in [0.1, 0.15) is 30.9 Å². The van der Waals surface area contributed by atoms with E-state index in [9.17, 15) is 14.0 Å². The molecule has 1 aliphatic rings. The molecule has 2 rings (SSSR count). The second-order valence-electron chi connectivity index (χ2n) is 5.64. The number of urea groups is 1. The van der Waals surface area contributed by atoms with E-state index in [-0.39, 0.29) is 24.3 Å². The molecule has 7 heteroatoms. The fourth-order valence-electron chi connectivity index (χ4n) is 3.05. The SMILES string of the molecule is CNC(=O)N1CC[N+](CCCC=O)(c2ccc(F)cc2)CC1.Cl. The lowest BCUT2D eigenvalue weighted by Gasteiger charge is -2.44. The van der Waals surface area contributed by atoms with Crippen LogP contribution in [0.1, 0.15) is 12.8 Å². The van der Waals surface area contributed by atoms with Gasteiger partial charge in [-0.25, -0.2) is 9.18 Å². The minimum atomic E-state index is -0.251. The Kier molecular flexibility index (Phi) is 7.45. The van der Waals surface area contributed by atoms with Gasteiger partial charge in [0.15, 0.2) is 0 Å². The summed E-state index contributed by atoms with van der Waals surface area (Å²) in [6.45, 7) is 3.68. The number of carbonyl (C=O) groups is 2. The molecule has 128 valence electrons. The van der Waals surface area contributed by atoms with E-state index in [1.165, 1.54) is 12.1 Å². The van der Waals surface area contributed by atoms with Crippen molar-refractivity contribution < 1.29 is 14.0 Å². The maximum absolute atomic E-state index is 13.2. The van der Waals surface area contributed by atoms with Crippen molar-refractivity contribution >= 4 is 30.4 Å². The Bertz CT molecular complexity index is 517. The molecule has 1 aromatic rings. The molecule has 0 atom stereocenters. The number of hydrogen-bond donors (Lipinski definition) is 1. The normalized spacial score (nSPS) is 16.3. The Labute approximate surface area is 142 Å². The van der Waals surface area contributed by atoms with Crippen molar-refractivity contribution in [1.82, 2.24) is 14.7 Å². The summed E-state index contributed by atoms with van der Waals surface area (Å²) in [5.41, 5.74) is 1.05. The second-order valence-corrected chi connectivity index (χ2v) is 5.64. The van der Waals surface area contributed by atoms with Gasteiger partial charge in [0.05, 0.1) is 19.6 Å². The van der Waals surface area contributed by atoms with Crippen LogP contribution >= 0.6 is 12.4 Å². The number of nitrogens with zero attached hydrogens (tertiary/aromatic N) is 2. The van der Waals surface area contributed by atoms with Crippen molar-refractivity contribution in [3.8, 4) is 0 Å². The van der Waals surface area contributed by atoms with Gasteiger partial charge in [-0.1, -0.05) is 0 Å². The molecular weight excluding hydrogens is 321 g/mol. The Morgan fingerprint density at radius 1 is 1.30 bits per heavy atom. The Hall–Kier alpha value is -1.66. The predicted molar refractivity (Wildman–Crippen MR) is 91.4 cm³/mol. The molecule has 0 saturated carbocycles.